The van der Waals surface area contributed by atoms with Crippen molar-refractivity contribution in [3.63, 3.8) is 0 Å². The molecule has 1 aliphatic heterocycles. The molecule has 1 fully saturated rings. The highest BCUT2D eigenvalue weighted by Crippen LogP contribution is 2.26. The largest absolute Gasteiger partial charge is 0.294 e. The van der Waals surface area contributed by atoms with Crippen LogP contribution in [0, 0.1) is 0 Å². The maximum absolute atomic E-state index is 12.3. The molecule has 2 aromatic heterocycles. The van der Waals surface area contributed by atoms with E-state index in [-0.39, 0.29) is 23.5 Å². The van der Waals surface area contributed by atoms with Crippen LogP contribution in [0.25, 0.3) is 16.2 Å². The second-order valence-corrected chi connectivity index (χ2v) is 9.34. The van der Waals surface area contributed by atoms with Crippen molar-refractivity contribution < 1.29 is 9.59 Å². The minimum Gasteiger partial charge on any atom is -0.294 e. The van der Waals surface area contributed by atoms with Crippen molar-refractivity contribution in [3.05, 3.63) is 46.0 Å². The molecule has 0 saturated carbocycles. The molecular weight excluding hydrogens is 462 g/mol. The first kappa shape index (κ1) is 19.2. The zero-order valence-electron chi connectivity index (χ0n) is 15.0. The number of thiazole rings is 1. The quantitative estimate of drug-likeness (QED) is 0.584. The molecule has 28 heavy (non-hydrogen) atoms. The van der Waals surface area contributed by atoms with Crippen molar-refractivity contribution in [1.29, 1.82) is 0 Å². The standard InChI is InChI=1S/C18H16BrN5O2S2/c1-10-16(26)23(2)18(28-10)22-21-15(25)7-13-9-27-17-20-14(8-24(13)17)11-3-5-12(19)6-4-11/h3-6,8-10H,7H2,1-2H3,(H,21,25)/b22-18-. The maximum atomic E-state index is 12.3. The number of carbonyl (C=O) groups is 2. The van der Waals surface area contributed by atoms with Crippen LogP contribution in [0.1, 0.15) is 12.6 Å². The normalized spacial score (nSPS) is 18.4. The second-order valence-electron chi connectivity index (χ2n) is 6.28. The summed E-state index contributed by atoms with van der Waals surface area (Å²) in [6, 6.07) is 7.94. The fourth-order valence-corrected chi connectivity index (χ4v) is 4.85. The molecule has 1 aliphatic rings. The third kappa shape index (κ3) is 3.71. The van der Waals surface area contributed by atoms with Gasteiger partial charge in [-0.05, 0) is 19.1 Å². The van der Waals surface area contributed by atoms with Crippen molar-refractivity contribution in [2.45, 2.75) is 18.6 Å². The molecular formula is C18H16BrN5O2S2. The Hall–Kier alpha value is -2.17. The first-order valence-electron chi connectivity index (χ1n) is 8.44. The number of hydrogen-bond donors (Lipinski definition) is 1. The van der Waals surface area contributed by atoms with Gasteiger partial charge >= 0.3 is 0 Å². The van der Waals surface area contributed by atoms with Crippen molar-refractivity contribution in [1.82, 2.24) is 19.7 Å². The number of thioether (sulfide) groups is 1. The van der Waals surface area contributed by atoms with Crippen LogP contribution in [0.2, 0.25) is 0 Å². The Bertz CT molecular complexity index is 1090. The molecule has 4 rings (SSSR count). The van der Waals surface area contributed by atoms with Crippen LogP contribution in [-0.2, 0) is 16.0 Å². The highest BCUT2D eigenvalue weighted by Gasteiger charge is 2.32. The van der Waals surface area contributed by atoms with Crippen LogP contribution in [0.5, 0.6) is 0 Å². The summed E-state index contributed by atoms with van der Waals surface area (Å²) in [7, 11) is 1.65. The topological polar surface area (TPSA) is 79.1 Å². The third-order valence-electron chi connectivity index (χ3n) is 4.29. The summed E-state index contributed by atoms with van der Waals surface area (Å²) in [5.41, 5.74) is 5.26. The zero-order chi connectivity index (χ0) is 19.8. The van der Waals surface area contributed by atoms with E-state index in [2.05, 4.69) is 31.4 Å². The Labute approximate surface area is 178 Å². The Kier molecular flexibility index (Phi) is 5.26. The van der Waals surface area contributed by atoms with Crippen molar-refractivity contribution in [3.8, 4) is 11.3 Å². The number of fused-ring (bicyclic) bond motifs is 1. The van der Waals surface area contributed by atoms with Gasteiger partial charge in [-0.3, -0.25) is 18.9 Å². The maximum Gasteiger partial charge on any atom is 0.246 e. The van der Waals surface area contributed by atoms with Gasteiger partial charge in [-0.25, -0.2) is 10.4 Å². The summed E-state index contributed by atoms with van der Waals surface area (Å²) >= 11 is 6.25. The van der Waals surface area contributed by atoms with E-state index in [1.54, 1.807) is 7.05 Å². The lowest BCUT2D eigenvalue weighted by molar-refractivity contribution is -0.125. The van der Waals surface area contributed by atoms with Crippen molar-refractivity contribution in [2.24, 2.45) is 5.10 Å². The number of benzene rings is 1. The molecule has 1 saturated heterocycles. The van der Waals surface area contributed by atoms with Crippen LogP contribution in [0.4, 0.5) is 0 Å². The molecule has 3 aromatic rings. The lowest BCUT2D eigenvalue weighted by Gasteiger charge is -2.07. The number of amides is 2. The first-order valence-corrected chi connectivity index (χ1v) is 11.0. The van der Waals surface area contributed by atoms with Gasteiger partial charge in [0.15, 0.2) is 10.1 Å². The molecule has 1 atom stereocenters. The minimum atomic E-state index is -0.243. The van der Waals surface area contributed by atoms with Crippen LogP contribution in [0.3, 0.4) is 0 Å². The summed E-state index contributed by atoms with van der Waals surface area (Å²) < 4.78 is 2.94. The number of carbonyl (C=O) groups excluding carboxylic acids is 2. The van der Waals surface area contributed by atoms with E-state index in [0.717, 1.165) is 26.4 Å². The molecule has 3 heterocycles. The van der Waals surface area contributed by atoms with E-state index in [1.165, 1.54) is 28.0 Å². The van der Waals surface area contributed by atoms with Gasteiger partial charge in [-0.2, -0.15) is 0 Å². The molecule has 0 spiro atoms. The lowest BCUT2D eigenvalue weighted by atomic mass is 10.2. The summed E-state index contributed by atoms with van der Waals surface area (Å²) in [6.07, 6.45) is 2.11. The smallest absolute Gasteiger partial charge is 0.246 e. The summed E-state index contributed by atoms with van der Waals surface area (Å²) in [4.78, 5) is 31.1. The highest BCUT2D eigenvalue weighted by molar-refractivity contribution is 9.10. The van der Waals surface area contributed by atoms with Crippen LogP contribution in [0.15, 0.2) is 45.4 Å². The van der Waals surface area contributed by atoms with E-state index < -0.39 is 0 Å². The number of hydrogen-bond acceptors (Lipinski definition) is 6. The first-order chi connectivity index (χ1) is 13.4. The Morgan fingerprint density at radius 2 is 2.11 bits per heavy atom. The van der Waals surface area contributed by atoms with E-state index >= 15 is 0 Å². The summed E-state index contributed by atoms with van der Waals surface area (Å²) in [6.45, 7) is 1.82. The number of halogens is 1. The van der Waals surface area contributed by atoms with Gasteiger partial charge in [-0.1, -0.05) is 39.8 Å². The lowest BCUT2D eigenvalue weighted by Crippen LogP contribution is -2.29. The average Bonchev–Trinajstić information content (AvgIpc) is 3.32. The molecule has 10 heteroatoms. The molecule has 1 unspecified atom stereocenters. The summed E-state index contributed by atoms with van der Waals surface area (Å²) in [5.74, 6) is -0.261. The Balaban J connectivity index is 1.48. The zero-order valence-corrected chi connectivity index (χ0v) is 18.3. The van der Waals surface area contributed by atoms with E-state index in [0.29, 0.717) is 5.17 Å². The van der Waals surface area contributed by atoms with Gasteiger partial charge in [0, 0.05) is 34.4 Å². The number of imidazole rings is 1. The van der Waals surface area contributed by atoms with Crippen LogP contribution >= 0.6 is 39.0 Å². The van der Waals surface area contributed by atoms with Gasteiger partial charge in [0.2, 0.25) is 11.8 Å². The molecule has 1 aromatic carbocycles. The van der Waals surface area contributed by atoms with Crippen molar-refractivity contribution >= 4 is 61.0 Å². The predicted molar refractivity (Wildman–Crippen MR) is 115 cm³/mol. The third-order valence-corrected chi connectivity index (χ3v) is 6.84. The van der Waals surface area contributed by atoms with Crippen LogP contribution < -0.4 is 5.43 Å². The number of hydrazone groups is 1. The number of aromatic nitrogens is 2. The van der Waals surface area contributed by atoms with Gasteiger partial charge in [0.05, 0.1) is 17.4 Å². The monoisotopic (exact) mass is 477 g/mol. The molecule has 0 aliphatic carbocycles. The molecule has 0 radical (unpaired) electrons. The molecule has 2 amide bonds. The Morgan fingerprint density at radius 1 is 1.36 bits per heavy atom. The van der Waals surface area contributed by atoms with Gasteiger partial charge in [0.1, 0.15) is 0 Å². The minimum absolute atomic E-state index is 0.0172. The molecule has 1 N–H and O–H groups in total. The van der Waals surface area contributed by atoms with Gasteiger partial charge in [-0.15, -0.1) is 16.4 Å². The van der Waals surface area contributed by atoms with Crippen molar-refractivity contribution in [2.75, 3.05) is 7.05 Å². The molecule has 0 bridgehead atoms. The second kappa shape index (κ2) is 7.69. The number of rotatable bonds is 4. The fraction of sp³-hybridized carbons (Fsp3) is 0.222. The van der Waals surface area contributed by atoms with E-state index in [9.17, 15) is 9.59 Å². The number of nitrogens with zero attached hydrogens (tertiary/aromatic N) is 4. The van der Waals surface area contributed by atoms with Gasteiger partial charge < -0.3 is 0 Å². The summed E-state index contributed by atoms with van der Waals surface area (Å²) in [5, 5.41) is 6.33. The van der Waals surface area contributed by atoms with E-state index in [1.807, 2.05) is 47.2 Å². The predicted octanol–water partition coefficient (Wildman–Crippen LogP) is 3.35. The van der Waals surface area contributed by atoms with E-state index in [4.69, 9.17) is 0 Å². The fourth-order valence-electron chi connectivity index (χ4n) is 2.79. The average molecular weight is 478 g/mol. The SMILES string of the molecule is CC1S/C(=N\NC(=O)Cc2csc3nc(-c4ccc(Br)cc4)cn23)N(C)C1=O. The van der Waals surface area contributed by atoms with Crippen LogP contribution in [-0.4, -0.2) is 43.6 Å². The Morgan fingerprint density at radius 3 is 2.79 bits per heavy atom. The van der Waals surface area contributed by atoms with Gasteiger partial charge in [0.25, 0.3) is 0 Å². The number of nitrogens with one attached hydrogen (secondary N) is 1. The molecule has 7 nitrogen and oxygen atoms in total. The molecule has 144 valence electrons. The highest BCUT2D eigenvalue weighted by atomic mass is 79.9. The number of amidine groups is 1.